The third kappa shape index (κ3) is 1.90. The van der Waals surface area contributed by atoms with Crippen molar-refractivity contribution in [2.75, 3.05) is 0 Å². The Morgan fingerprint density at radius 3 is 2.93 bits per heavy atom. The van der Waals surface area contributed by atoms with Crippen molar-refractivity contribution in [1.82, 2.24) is 9.55 Å². The first-order chi connectivity index (χ1) is 6.61. The monoisotopic (exact) mass is 220 g/mol. The van der Waals surface area contributed by atoms with Crippen molar-refractivity contribution in [3.05, 3.63) is 18.2 Å². The molecule has 78 valence electrons. The molecule has 1 aliphatic carbocycles. The Morgan fingerprint density at radius 1 is 1.64 bits per heavy atom. The van der Waals surface area contributed by atoms with Crippen LogP contribution in [0.5, 0.6) is 0 Å². The number of nitrogens with zero attached hydrogens (tertiary/aromatic N) is 2. The maximum absolute atomic E-state index is 12.9. The Balaban J connectivity index is 2.09. The van der Waals surface area contributed by atoms with Crippen molar-refractivity contribution in [3.8, 4) is 0 Å². The molecule has 14 heavy (non-hydrogen) atoms. The highest BCUT2D eigenvalue weighted by Crippen LogP contribution is 2.41. The average molecular weight is 221 g/mol. The van der Waals surface area contributed by atoms with Gasteiger partial charge in [0.05, 0.1) is 17.9 Å². The molecule has 1 aliphatic rings. The summed E-state index contributed by atoms with van der Waals surface area (Å²) in [6.45, 7) is 0. The molecule has 5 heteroatoms. The highest BCUT2D eigenvalue weighted by atomic mass is 35.5. The Labute approximate surface area is 85.9 Å². The molecule has 0 aromatic carbocycles. The van der Waals surface area contributed by atoms with Crippen LogP contribution in [0.3, 0.4) is 0 Å². The summed E-state index contributed by atoms with van der Waals surface area (Å²) in [5.41, 5.74) is 0.738. The minimum absolute atomic E-state index is 0.0218. The van der Waals surface area contributed by atoms with Gasteiger partial charge in [0.15, 0.2) is 0 Å². The van der Waals surface area contributed by atoms with Crippen LogP contribution in [0.2, 0.25) is 0 Å². The van der Waals surface area contributed by atoms with Crippen molar-refractivity contribution in [1.29, 1.82) is 0 Å². The topological polar surface area (TPSA) is 17.8 Å². The van der Waals surface area contributed by atoms with Crippen LogP contribution >= 0.6 is 11.6 Å². The van der Waals surface area contributed by atoms with Crippen LogP contribution in [0.25, 0.3) is 0 Å². The quantitative estimate of drug-likeness (QED) is 0.701. The van der Waals surface area contributed by atoms with E-state index in [0.717, 1.165) is 5.69 Å². The average Bonchev–Trinajstić information content (AvgIpc) is 2.70. The van der Waals surface area contributed by atoms with Gasteiger partial charge in [-0.25, -0.2) is 13.8 Å². The highest BCUT2D eigenvalue weighted by molar-refractivity contribution is 6.16. The first kappa shape index (κ1) is 9.90. The minimum Gasteiger partial charge on any atom is -0.334 e. The zero-order chi connectivity index (χ0) is 10.2. The predicted octanol–water partition coefficient (Wildman–Crippen LogP) is 2.98. The lowest BCUT2D eigenvalue weighted by atomic mass is 10.2. The van der Waals surface area contributed by atoms with Gasteiger partial charge < -0.3 is 4.57 Å². The highest BCUT2D eigenvalue weighted by Gasteiger charge is 2.40. The van der Waals surface area contributed by atoms with E-state index in [1.807, 2.05) is 0 Å². The number of imidazole rings is 1. The molecule has 0 aliphatic heterocycles. The van der Waals surface area contributed by atoms with Crippen LogP contribution in [0.4, 0.5) is 8.78 Å². The first-order valence-electron chi connectivity index (χ1n) is 4.57. The minimum atomic E-state index is -2.50. The van der Waals surface area contributed by atoms with Gasteiger partial charge in [-0.05, 0) is 6.42 Å². The van der Waals surface area contributed by atoms with E-state index in [9.17, 15) is 8.78 Å². The Bertz CT molecular complexity index is 324. The van der Waals surface area contributed by atoms with E-state index in [1.54, 1.807) is 17.1 Å². The van der Waals surface area contributed by atoms with Crippen LogP contribution in [0.1, 0.15) is 31.0 Å². The molecule has 0 radical (unpaired) electrons. The summed E-state index contributed by atoms with van der Waals surface area (Å²) in [5, 5.41) is 0. The maximum Gasteiger partial charge on any atom is 0.250 e. The van der Waals surface area contributed by atoms with E-state index in [0.29, 0.717) is 12.3 Å². The lowest BCUT2D eigenvalue weighted by Gasteiger charge is -2.11. The van der Waals surface area contributed by atoms with Gasteiger partial charge in [-0.3, -0.25) is 0 Å². The summed E-state index contributed by atoms with van der Waals surface area (Å²) in [5.74, 6) is -2.17. The van der Waals surface area contributed by atoms with Crippen molar-refractivity contribution in [2.45, 2.75) is 37.1 Å². The van der Waals surface area contributed by atoms with Gasteiger partial charge in [0, 0.05) is 25.1 Å². The third-order valence-electron chi connectivity index (χ3n) is 2.59. The summed E-state index contributed by atoms with van der Waals surface area (Å²) >= 11 is 5.58. The second-order valence-corrected chi connectivity index (χ2v) is 3.97. The van der Waals surface area contributed by atoms with Gasteiger partial charge >= 0.3 is 0 Å². The number of hydrogen-bond donors (Lipinski definition) is 0. The van der Waals surface area contributed by atoms with Gasteiger partial charge in [-0.1, -0.05) is 0 Å². The van der Waals surface area contributed by atoms with Crippen LogP contribution in [-0.4, -0.2) is 15.5 Å². The largest absolute Gasteiger partial charge is 0.334 e. The molecular formula is C9H11ClF2N2. The molecule has 1 aromatic heterocycles. The SMILES string of the molecule is FC1(F)CCC(n2cnc(CCl)c2)C1. The van der Waals surface area contributed by atoms with E-state index in [2.05, 4.69) is 4.98 Å². The lowest BCUT2D eigenvalue weighted by Crippen LogP contribution is -2.11. The maximum atomic E-state index is 12.9. The molecule has 0 spiro atoms. The van der Waals surface area contributed by atoms with Crippen LogP contribution in [0, 0.1) is 0 Å². The molecule has 0 N–H and O–H groups in total. The van der Waals surface area contributed by atoms with Gasteiger partial charge in [-0.2, -0.15) is 0 Å². The van der Waals surface area contributed by atoms with E-state index >= 15 is 0 Å². The van der Waals surface area contributed by atoms with E-state index in [-0.39, 0.29) is 18.9 Å². The molecular weight excluding hydrogens is 210 g/mol. The summed E-state index contributed by atoms with van der Waals surface area (Å²) in [6.07, 6.45) is 3.76. The predicted molar refractivity (Wildman–Crippen MR) is 49.6 cm³/mol. The summed E-state index contributed by atoms with van der Waals surface area (Å²) in [6, 6.07) is -0.116. The van der Waals surface area contributed by atoms with Crippen LogP contribution in [0.15, 0.2) is 12.5 Å². The molecule has 1 fully saturated rings. The van der Waals surface area contributed by atoms with E-state index in [4.69, 9.17) is 11.6 Å². The number of aromatic nitrogens is 2. The second kappa shape index (κ2) is 3.50. The summed E-state index contributed by atoms with van der Waals surface area (Å²) in [4.78, 5) is 4.01. The second-order valence-electron chi connectivity index (χ2n) is 3.70. The lowest BCUT2D eigenvalue weighted by molar-refractivity contribution is 0.00563. The van der Waals surface area contributed by atoms with Gasteiger partial charge in [-0.15, -0.1) is 11.6 Å². The van der Waals surface area contributed by atoms with E-state index in [1.165, 1.54) is 0 Å². The van der Waals surface area contributed by atoms with Gasteiger partial charge in [0.25, 0.3) is 0 Å². The number of alkyl halides is 3. The van der Waals surface area contributed by atoms with Gasteiger partial charge in [0.1, 0.15) is 0 Å². The normalized spacial score (nSPS) is 25.5. The fraction of sp³-hybridized carbons (Fsp3) is 0.667. The molecule has 1 saturated carbocycles. The molecule has 2 rings (SSSR count). The summed E-state index contributed by atoms with van der Waals surface area (Å²) in [7, 11) is 0. The van der Waals surface area contributed by atoms with E-state index < -0.39 is 5.92 Å². The summed E-state index contributed by atoms with van der Waals surface area (Å²) < 4.78 is 27.6. The fourth-order valence-corrected chi connectivity index (χ4v) is 1.97. The number of rotatable bonds is 2. The zero-order valence-electron chi connectivity index (χ0n) is 7.59. The standard InChI is InChI=1S/C9H11ClF2N2/c10-4-7-5-14(6-13-7)8-1-2-9(11,12)3-8/h5-6,8H,1-4H2. The Morgan fingerprint density at radius 2 is 2.43 bits per heavy atom. The van der Waals surface area contributed by atoms with Crippen LogP contribution in [-0.2, 0) is 5.88 Å². The molecule has 0 saturated heterocycles. The van der Waals surface area contributed by atoms with Gasteiger partial charge in [0.2, 0.25) is 5.92 Å². The molecule has 1 aromatic rings. The van der Waals surface area contributed by atoms with Crippen molar-refractivity contribution < 1.29 is 8.78 Å². The smallest absolute Gasteiger partial charge is 0.250 e. The molecule has 2 nitrogen and oxygen atoms in total. The zero-order valence-corrected chi connectivity index (χ0v) is 8.34. The number of halogens is 3. The van der Waals surface area contributed by atoms with Crippen molar-refractivity contribution in [3.63, 3.8) is 0 Å². The third-order valence-corrected chi connectivity index (χ3v) is 2.86. The van der Waals surface area contributed by atoms with Crippen molar-refractivity contribution >= 4 is 11.6 Å². The first-order valence-corrected chi connectivity index (χ1v) is 5.10. The molecule has 1 atom stereocenters. The Hall–Kier alpha value is -0.640. The fourth-order valence-electron chi connectivity index (χ4n) is 1.83. The molecule has 1 unspecified atom stereocenters. The molecule has 0 amide bonds. The molecule has 1 heterocycles. The Kier molecular flexibility index (Phi) is 2.47. The van der Waals surface area contributed by atoms with Crippen molar-refractivity contribution in [2.24, 2.45) is 0 Å². The molecule has 0 bridgehead atoms. The number of hydrogen-bond acceptors (Lipinski definition) is 1. The van der Waals surface area contributed by atoms with Crippen LogP contribution < -0.4 is 0 Å².